The van der Waals surface area contributed by atoms with E-state index in [9.17, 15) is 18.4 Å². The summed E-state index contributed by atoms with van der Waals surface area (Å²) in [5.74, 6) is -3.29. The topological polar surface area (TPSA) is 52.0 Å². The molecular formula is C15H14F2N2O2. The van der Waals surface area contributed by atoms with Gasteiger partial charge in [0, 0.05) is 13.2 Å². The van der Waals surface area contributed by atoms with Gasteiger partial charge in [-0.3, -0.25) is 14.3 Å². The standard InChI is InChI=1S/C15H14F2N2O2/c1-3-12-9(8-19(2)18-12)13(20)7-14(21)15-10(16)5-4-6-11(15)17/h4-6,8H,3,7H2,1-2H3. The highest BCUT2D eigenvalue weighted by atomic mass is 19.1. The van der Waals surface area contributed by atoms with Crippen LogP contribution in [0.3, 0.4) is 0 Å². The summed E-state index contributed by atoms with van der Waals surface area (Å²) in [5.41, 5.74) is 0.196. The lowest BCUT2D eigenvalue weighted by atomic mass is 10.0. The molecule has 2 rings (SSSR count). The SMILES string of the molecule is CCc1nn(C)cc1C(=O)CC(=O)c1c(F)cccc1F. The second-order valence-electron chi connectivity index (χ2n) is 4.64. The van der Waals surface area contributed by atoms with Gasteiger partial charge in [-0.05, 0) is 18.6 Å². The zero-order valence-electron chi connectivity index (χ0n) is 11.7. The van der Waals surface area contributed by atoms with Gasteiger partial charge in [0.15, 0.2) is 11.6 Å². The molecule has 0 spiro atoms. The van der Waals surface area contributed by atoms with Gasteiger partial charge in [0.05, 0.1) is 23.2 Å². The number of Topliss-reactive ketones (excluding diaryl/α,β-unsaturated/α-hetero) is 2. The van der Waals surface area contributed by atoms with Crippen LogP contribution in [-0.4, -0.2) is 21.3 Å². The quantitative estimate of drug-likeness (QED) is 0.629. The van der Waals surface area contributed by atoms with Crippen LogP contribution in [0, 0.1) is 11.6 Å². The summed E-state index contributed by atoms with van der Waals surface area (Å²) < 4.78 is 28.5. The number of halogens is 2. The number of hydrogen-bond donors (Lipinski definition) is 0. The molecule has 0 aliphatic rings. The van der Waals surface area contributed by atoms with Crippen molar-refractivity contribution in [2.45, 2.75) is 19.8 Å². The predicted molar refractivity (Wildman–Crippen MR) is 72.2 cm³/mol. The Kier molecular flexibility index (Phi) is 4.26. The lowest BCUT2D eigenvalue weighted by molar-refractivity contribution is 0.0889. The Hall–Kier alpha value is -2.37. The summed E-state index contributed by atoms with van der Waals surface area (Å²) in [6.45, 7) is 1.83. The average Bonchev–Trinajstić information content (AvgIpc) is 2.79. The third-order valence-electron chi connectivity index (χ3n) is 3.10. The van der Waals surface area contributed by atoms with Crippen molar-refractivity contribution in [2.75, 3.05) is 0 Å². The fraction of sp³-hybridized carbons (Fsp3) is 0.267. The summed E-state index contributed by atoms with van der Waals surface area (Å²) in [6, 6.07) is 3.14. The van der Waals surface area contributed by atoms with Gasteiger partial charge in [-0.15, -0.1) is 0 Å². The van der Waals surface area contributed by atoms with E-state index in [4.69, 9.17) is 0 Å². The van der Waals surface area contributed by atoms with E-state index in [0.29, 0.717) is 17.7 Å². The first-order valence-corrected chi connectivity index (χ1v) is 6.47. The van der Waals surface area contributed by atoms with Crippen LogP contribution in [0.25, 0.3) is 0 Å². The Labute approximate surface area is 120 Å². The van der Waals surface area contributed by atoms with E-state index in [1.165, 1.54) is 16.9 Å². The first-order chi connectivity index (χ1) is 9.93. The average molecular weight is 292 g/mol. The van der Waals surface area contributed by atoms with Crippen molar-refractivity contribution in [3.05, 3.63) is 52.9 Å². The molecule has 4 nitrogen and oxygen atoms in total. The van der Waals surface area contributed by atoms with Crippen molar-refractivity contribution in [1.29, 1.82) is 0 Å². The fourth-order valence-electron chi connectivity index (χ4n) is 2.12. The number of hydrogen-bond acceptors (Lipinski definition) is 3. The van der Waals surface area contributed by atoms with Crippen molar-refractivity contribution in [3.8, 4) is 0 Å². The maximum Gasteiger partial charge on any atom is 0.176 e. The first-order valence-electron chi connectivity index (χ1n) is 6.47. The number of aryl methyl sites for hydroxylation is 2. The third-order valence-corrected chi connectivity index (χ3v) is 3.10. The van der Waals surface area contributed by atoms with Crippen molar-refractivity contribution >= 4 is 11.6 Å². The minimum Gasteiger partial charge on any atom is -0.294 e. The normalized spacial score (nSPS) is 10.7. The van der Waals surface area contributed by atoms with E-state index in [1.807, 2.05) is 6.92 Å². The maximum atomic E-state index is 13.5. The molecule has 1 heterocycles. The van der Waals surface area contributed by atoms with Gasteiger partial charge in [0.1, 0.15) is 11.6 Å². The Morgan fingerprint density at radius 2 is 1.81 bits per heavy atom. The van der Waals surface area contributed by atoms with Gasteiger partial charge in [-0.2, -0.15) is 5.10 Å². The molecule has 1 aromatic heterocycles. The number of nitrogens with zero attached hydrogens (tertiary/aromatic N) is 2. The number of aromatic nitrogens is 2. The first kappa shape index (κ1) is 15.0. The maximum absolute atomic E-state index is 13.5. The molecule has 0 fully saturated rings. The minimum absolute atomic E-state index is 0.310. The Morgan fingerprint density at radius 3 is 2.38 bits per heavy atom. The van der Waals surface area contributed by atoms with E-state index < -0.39 is 35.2 Å². The molecule has 0 unspecified atom stereocenters. The number of rotatable bonds is 5. The number of ketones is 2. The predicted octanol–water partition coefficient (Wildman–Crippen LogP) is 2.72. The monoisotopic (exact) mass is 292 g/mol. The molecule has 0 radical (unpaired) electrons. The Balaban J connectivity index is 2.25. The molecular weight excluding hydrogens is 278 g/mol. The van der Waals surface area contributed by atoms with Crippen LogP contribution in [0.4, 0.5) is 8.78 Å². The molecule has 0 aliphatic carbocycles. The van der Waals surface area contributed by atoms with Crippen LogP contribution in [0.2, 0.25) is 0 Å². The summed E-state index contributed by atoms with van der Waals surface area (Å²) in [5, 5.41) is 4.10. The molecule has 110 valence electrons. The van der Waals surface area contributed by atoms with Gasteiger partial charge in [-0.25, -0.2) is 8.78 Å². The smallest absolute Gasteiger partial charge is 0.176 e. The summed E-state index contributed by atoms with van der Waals surface area (Å²) in [7, 11) is 1.66. The second-order valence-corrected chi connectivity index (χ2v) is 4.64. The lowest BCUT2D eigenvalue weighted by Gasteiger charge is -2.03. The molecule has 0 N–H and O–H groups in total. The Morgan fingerprint density at radius 1 is 1.19 bits per heavy atom. The van der Waals surface area contributed by atoms with E-state index in [2.05, 4.69) is 5.10 Å². The van der Waals surface area contributed by atoms with E-state index in [0.717, 1.165) is 12.1 Å². The largest absolute Gasteiger partial charge is 0.294 e. The summed E-state index contributed by atoms with van der Waals surface area (Å²) >= 11 is 0. The number of benzene rings is 1. The summed E-state index contributed by atoms with van der Waals surface area (Å²) in [4.78, 5) is 24.1. The Bertz CT molecular complexity index is 687. The highest BCUT2D eigenvalue weighted by molar-refractivity contribution is 6.14. The fourth-order valence-corrected chi connectivity index (χ4v) is 2.12. The number of carbonyl (C=O) groups is 2. The lowest BCUT2D eigenvalue weighted by Crippen LogP contribution is -2.12. The van der Waals surface area contributed by atoms with E-state index in [1.54, 1.807) is 7.05 Å². The second kappa shape index (κ2) is 5.95. The van der Waals surface area contributed by atoms with Gasteiger partial charge < -0.3 is 0 Å². The number of carbonyl (C=O) groups excluding carboxylic acids is 2. The third kappa shape index (κ3) is 3.04. The van der Waals surface area contributed by atoms with Gasteiger partial charge >= 0.3 is 0 Å². The molecule has 0 atom stereocenters. The molecule has 2 aromatic rings. The molecule has 6 heteroatoms. The molecule has 21 heavy (non-hydrogen) atoms. The molecule has 0 saturated carbocycles. The van der Waals surface area contributed by atoms with Gasteiger partial charge in [-0.1, -0.05) is 13.0 Å². The highest BCUT2D eigenvalue weighted by Crippen LogP contribution is 2.17. The van der Waals surface area contributed by atoms with E-state index >= 15 is 0 Å². The van der Waals surface area contributed by atoms with Gasteiger partial charge in [0.2, 0.25) is 0 Å². The van der Waals surface area contributed by atoms with Crippen molar-refractivity contribution in [1.82, 2.24) is 9.78 Å². The molecule has 1 aromatic carbocycles. The minimum atomic E-state index is -0.963. The van der Waals surface area contributed by atoms with Crippen LogP contribution in [0.5, 0.6) is 0 Å². The zero-order valence-corrected chi connectivity index (χ0v) is 11.7. The van der Waals surface area contributed by atoms with Crippen LogP contribution >= 0.6 is 0 Å². The molecule has 0 bridgehead atoms. The van der Waals surface area contributed by atoms with Crippen molar-refractivity contribution < 1.29 is 18.4 Å². The van der Waals surface area contributed by atoms with Gasteiger partial charge in [0.25, 0.3) is 0 Å². The molecule has 0 aliphatic heterocycles. The van der Waals surface area contributed by atoms with Crippen LogP contribution in [-0.2, 0) is 13.5 Å². The molecule has 0 amide bonds. The van der Waals surface area contributed by atoms with Crippen LogP contribution < -0.4 is 0 Å². The van der Waals surface area contributed by atoms with E-state index in [-0.39, 0.29) is 0 Å². The van der Waals surface area contributed by atoms with Crippen molar-refractivity contribution in [3.63, 3.8) is 0 Å². The highest BCUT2D eigenvalue weighted by Gasteiger charge is 2.22. The molecule has 0 saturated heterocycles. The van der Waals surface area contributed by atoms with Crippen LogP contribution in [0.1, 0.15) is 39.8 Å². The zero-order chi connectivity index (χ0) is 15.6. The summed E-state index contributed by atoms with van der Waals surface area (Å²) in [6.07, 6.45) is 1.45. The van der Waals surface area contributed by atoms with Crippen LogP contribution in [0.15, 0.2) is 24.4 Å². The van der Waals surface area contributed by atoms with Crippen molar-refractivity contribution in [2.24, 2.45) is 7.05 Å².